The van der Waals surface area contributed by atoms with Crippen LogP contribution in [0.15, 0.2) is 36.8 Å². The molecule has 0 saturated heterocycles. The Hall–Kier alpha value is -1.65. The minimum atomic E-state index is -0.0192. The van der Waals surface area contributed by atoms with Crippen molar-refractivity contribution in [1.29, 1.82) is 0 Å². The standard InChI is InChI=1S/C14H20N4/c1-3-5-11-6-4-7-12(8-11)14(17-15)13-9-16-10-18(13)2/h4,6-10,14,17H,3,5,15H2,1-2H3. The summed E-state index contributed by atoms with van der Waals surface area (Å²) in [7, 11) is 1.97. The number of aryl methyl sites for hydroxylation is 2. The lowest BCUT2D eigenvalue weighted by Crippen LogP contribution is -2.30. The number of aromatic nitrogens is 2. The topological polar surface area (TPSA) is 55.9 Å². The Balaban J connectivity index is 2.33. The van der Waals surface area contributed by atoms with Crippen LogP contribution >= 0.6 is 0 Å². The summed E-state index contributed by atoms with van der Waals surface area (Å²) in [6.45, 7) is 2.19. The molecule has 3 N–H and O–H groups in total. The van der Waals surface area contributed by atoms with Crippen molar-refractivity contribution in [2.24, 2.45) is 12.9 Å². The van der Waals surface area contributed by atoms with Gasteiger partial charge in [-0.2, -0.15) is 0 Å². The Bertz CT molecular complexity index is 504. The predicted molar refractivity (Wildman–Crippen MR) is 72.8 cm³/mol. The van der Waals surface area contributed by atoms with E-state index in [0.717, 1.165) is 18.5 Å². The van der Waals surface area contributed by atoms with Crippen LogP contribution < -0.4 is 11.3 Å². The summed E-state index contributed by atoms with van der Waals surface area (Å²) in [4.78, 5) is 4.14. The molecule has 1 aromatic heterocycles. The SMILES string of the molecule is CCCc1cccc(C(NN)c2cncn2C)c1. The lowest BCUT2D eigenvalue weighted by atomic mass is 10.0. The van der Waals surface area contributed by atoms with E-state index in [4.69, 9.17) is 5.84 Å². The third kappa shape index (κ3) is 2.60. The Morgan fingerprint density at radius 1 is 1.44 bits per heavy atom. The van der Waals surface area contributed by atoms with E-state index in [1.807, 2.05) is 17.8 Å². The number of hydrogen-bond acceptors (Lipinski definition) is 3. The van der Waals surface area contributed by atoms with Crippen LogP contribution in [0.5, 0.6) is 0 Å². The van der Waals surface area contributed by atoms with E-state index in [9.17, 15) is 0 Å². The molecule has 2 aromatic rings. The normalized spacial score (nSPS) is 12.6. The summed E-state index contributed by atoms with van der Waals surface area (Å²) in [5.41, 5.74) is 6.45. The number of hydrogen-bond donors (Lipinski definition) is 2. The molecule has 1 aromatic carbocycles. The second-order valence-corrected chi connectivity index (χ2v) is 4.52. The van der Waals surface area contributed by atoms with Crippen LogP contribution in [0.3, 0.4) is 0 Å². The van der Waals surface area contributed by atoms with E-state index in [2.05, 4.69) is 41.6 Å². The van der Waals surface area contributed by atoms with Crippen molar-refractivity contribution in [1.82, 2.24) is 15.0 Å². The zero-order chi connectivity index (χ0) is 13.0. The van der Waals surface area contributed by atoms with Crippen molar-refractivity contribution in [3.8, 4) is 0 Å². The average molecular weight is 244 g/mol. The van der Waals surface area contributed by atoms with Gasteiger partial charge in [-0.1, -0.05) is 37.6 Å². The second-order valence-electron chi connectivity index (χ2n) is 4.52. The lowest BCUT2D eigenvalue weighted by Gasteiger charge is -2.17. The number of nitrogens with one attached hydrogen (secondary N) is 1. The zero-order valence-corrected chi connectivity index (χ0v) is 10.9. The van der Waals surface area contributed by atoms with E-state index in [-0.39, 0.29) is 6.04 Å². The number of imidazole rings is 1. The van der Waals surface area contributed by atoms with Crippen molar-refractivity contribution >= 4 is 0 Å². The predicted octanol–water partition coefficient (Wildman–Crippen LogP) is 1.93. The fraction of sp³-hybridized carbons (Fsp3) is 0.357. The van der Waals surface area contributed by atoms with Gasteiger partial charge in [-0.3, -0.25) is 5.84 Å². The quantitative estimate of drug-likeness (QED) is 0.624. The molecule has 0 saturated carbocycles. The molecule has 2 rings (SSSR count). The summed E-state index contributed by atoms with van der Waals surface area (Å²) in [5.74, 6) is 5.70. The van der Waals surface area contributed by atoms with Crippen LogP contribution in [0.4, 0.5) is 0 Å². The van der Waals surface area contributed by atoms with Gasteiger partial charge < -0.3 is 4.57 Å². The summed E-state index contributed by atoms with van der Waals surface area (Å²) >= 11 is 0. The molecule has 1 atom stereocenters. The molecule has 0 aliphatic carbocycles. The van der Waals surface area contributed by atoms with Gasteiger partial charge in [-0.05, 0) is 17.5 Å². The average Bonchev–Trinajstić information content (AvgIpc) is 2.78. The molecule has 0 fully saturated rings. The Morgan fingerprint density at radius 2 is 2.28 bits per heavy atom. The number of benzene rings is 1. The molecule has 4 nitrogen and oxygen atoms in total. The van der Waals surface area contributed by atoms with E-state index in [1.54, 1.807) is 6.33 Å². The summed E-state index contributed by atoms with van der Waals surface area (Å²) < 4.78 is 1.98. The van der Waals surface area contributed by atoms with E-state index in [1.165, 1.54) is 11.1 Å². The van der Waals surface area contributed by atoms with Crippen molar-refractivity contribution in [3.63, 3.8) is 0 Å². The summed E-state index contributed by atoms with van der Waals surface area (Å²) in [6.07, 6.45) is 5.87. The van der Waals surface area contributed by atoms with Gasteiger partial charge in [-0.25, -0.2) is 10.4 Å². The fourth-order valence-electron chi connectivity index (χ4n) is 2.21. The number of nitrogens with two attached hydrogens (primary N) is 1. The van der Waals surface area contributed by atoms with Crippen LogP contribution in [0.2, 0.25) is 0 Å². The van der Waals surface area contributed by atoms with E-state index >= 15 is 0 Å². The molecule has 18 heavy (non-hydrogen) atoms. The number of rotatable bonds is 5. The van der Waals surface area contributed by atoms with Crippen LogP contribution in [-0.2, 0) is 13.5 Å². The number of hydrazine groups is 1. The molecule has 0 spiro atoms. The molecule has 0 aliphatic rings. The van der Waals surface area contributed by atoms with Crippen LogP contribution in [0.25, 0.3) is 0 Å². The van der Waals surface area contributed by atoms with Gasteiger partial charge in [-0.15, -0.1) is 0 Å². The Morgan fingerprint density at radius 3 is 2.89 bits per heavy atom. The first-order valence-corrected chi connectivity index (χ1v) is 6.27. The van der Waals surface area contributed by atoms with Crippen LogP contribution in [-0.4, -0.2) is 9.55 Å². The van der Waals surface area contributed by atoms with Crippen LogP contribution in [0.1, 0.15) is 36.2 Å². The summed E-state index contributed by atoms with van der Waals surface area (Å²) in [6, 6.07) is 8.53. The molecule has 0 amide bonds. The minimum Gasteiger partial charge on any atom is -0.336 e. The van der Waals surface area contributed by atoms with Crippen molar-refractivity contribution in [3.05, 3.63) is 53.6 Å². The Kier molecular flexibility index (Phi) is 4.12. The van der Waals surface area contributed by atoms with Crippen LogP contribution in [0, 0.1) is 0 Å². The molecular weight excluding hydrogens is 224 g/mol. The van der Waals surface area contributed by atoms with Crippen molar-refractivity contribution < 1.29 is 0 Å². The second kappa shape index (κ2) is 5.80. The highest BCUT2D eigenvalue weighted by molar-refractivity contribution is 5.31. The van der Waals surface area contributed by atoms with Gasteiger partial charge >= 0.3 is 0 Å². The first-order valence-electron chi connectivity index (χ1n) is 6.27. The molecule has 0 radical (unpaired) electrons. The first kappa shape index (κ1) is 12.8. The first-order chi connectivity index (χ1) is 8.76. The van der Waals surface area contributed by atoms with Gasteiger partial charge in [0, 0.05) is 7.05 Å². The molecule has 1 heterocycles. The molecular formula is C14H20N4. The minimum absolute atomic E-state index is 0.0192. The highest BCUT2D eigenvalue weighted by Crippen LogP contribution is 2.21. The largest absolute Gasteiger partial charge is 0.336 e. The van der Waals surface area contributed by atoms with Gasteiger partial charge in [0.2, 0.25) is 0 Å². The maximum Gasteiger partial charge on any atom is 0.0946 e. The number of nitrogens with zero attached hydrogens (tertiary/aromatic N) is 2. The van der Waals surface area contributed by atoms with E-state index < -0.39 is 0 Å². The maximum atomic E-state index is 5.70. The molecule has 0 aliphatic heterocycles. The van der Waals surface area contributed by atoms with Gasteiger partial charge in [0.1, 0.15) is 0 Å². The lowest BCUT2D eigenvalue weighted by molar-refractivity contribution is 0.596. The molecule has 1 unspecified atom stereocenters. The van der Waals surface area contributed by atoms with Crippen molar-refractivity contribution in [2.45, 2.75) is 25.8 Å². The third-order valence-corrected chi connectivity index (χ3v) is 3.14. The Labute approximate surface area is 108 Å². The van der Waals surface area contributed by atoms with E-state index in [0.29, 0.717) is 0 Å². The monoisotopic (exact) mass is 244 g/mol. The zero-order valence-electron chi connectivity index (χ0n) is 10.9. The van der Waals surface area contributed by atoms with Gasteiger partial charge in [0.05, 0.1) is 24.3 Å². The highest BCUT2D eigenvalue weighted by Gasteiger charge is 2.15. The summed E-state index contributed by atoms with van der Waals surface area (Å²) in [5, 5.41) is 0. The fourth-order valence-corrected chi connectivity index (χ4v) is 2.21. The molecule has 96 valence electrons. The third-order valence-electron chi connectivity index (χ3n) is 3.14. The maximum absolute atomic E-state index is 5.70. The highest BCUT2D eigenvalue weighted by atomic mass is 15.2. The van der Waals surface area contributed by atoms with Gasteiger partial charge in [0.25, 0.3) is 0 Å². The molecule has 4 heteroatoms. The smallest absolute Gasteiger partial charge is 0.0946 e. The molecule has 0 bridgehead atoms. The van der Waals surface area contributed by atoms with Crippen molar-refractivity contribution in [2.75, 3.05) is 0 Å². The van der Waals surface area contributed by atoms with Gasteiger partial charge in [0.15, 0.2) is 0 Å².